The molecule has 0 aliphatic carbocycles. The molecule has 1 N–H and O–H groups in total. The second-order valence-electron chi connectivity index (χ2n) is 2.92. The molecule has 0 amide bonds. The van der Waals surface area contributed by atoms with Gasteiger partial charge in [0.15, 0.2) is 0 Å². The van der Waals surface area contributed by atoms with Gasteiger partial charge in [0.1, 0.15) is 5.75 Å². The maximum Gasteiger partial charge on any atom is 0.115 e. The Morgan fingerprint density at radius 1 is 1.54 bits per heavy atom. The van der Waals surface area contributed by atoms with E-state index < -0.39 is 0 Å². The van der Waals surface area contributed by atoms with E-state index in [1.807, 2.05) is 6.07 Å². The van der Waals surface area contributed by atoms with Crippen LogP contribution in [0.25, 0.3) is 5.57 Å². The quantitative estimate of drug-likeness (QED) is 0.698. The van der Waals surface area contributed by atoms with E-state index in [-0.39, 0.29) is 0 Å². The number of benzene rings is 1. The first-order valence-electron chi connectivity index (χ1n) is 4.32. The lowest BCUT2D eigenvalue weighted by molar-refractivity contribution is 0.474. The number of hydrogen-bond acceptors (Lipinski definition) is 1. The first-order valence-corrected chi connectivity index (χ1v) is 4.32. The maximum absolute atomic E-state index is 9.27. The zero-order valence-corrected chi connectivity index (χ0v) is 7.88. The molecule has 0 bridgehead atoms. The minimum Gasteiger partial charge on any atom is -0.508 e. The monoisotopic (exact) mass is 174 g/mol. The Balaban J connectivity index is 3.20. The zero-order valence-electron chi connectivity index (χ0n) is 7.88. The highest BCUT2D eigenvalue weighted by Crippen LogP contribution is 2.23. The SMILES string of the molecule is C=CC(=C)c1ccc(O)cc1CC. The summed E-state index contributed by atoms with van der Waals surface area (Å²) in [4.78, 5) is 0. The Hall–Kier alpha value is -1.50. The topological polar surface area (TPSA) is 20.2 Å². The van der Waals surface area contributed by atoms with Crippen LogP contribution in [0.5, 0.6) is 5.75 Å². The highest BCUT2D eigenvalue weighted by molar-refractivity contribution is 5.74. The van der Waals surface area contributed by atoms with Gasteiger partial charge in [0, 0.05) is 0 Å². The Kier molecular flexibility index (Phi) is 2.91. The third kappa shape index (κ3) is 2.00. The standard InChI is InChI=1S/C12H14O/c1-4-9(3)12-7-6-11(13)8-10(12)5-2/h4,6-8,13H,1,3,5H2,2H3. The van der Waals surface area contributed by atoms with Crippen LogP contribution in [0.4, 0.5) is 0 Å². The molecule has 68 valence electrons. The van der Waals surface area contributed by atoms with Crippen LogP contribution in [0.15, 0.2) is 37.4 Å². The molecule has 1 rings (SSSR count). The second kappa shape index (κ2) is 3.94. The molecule has 1 aromatic rings. The van der Waals surface area contributed by atoms with Gasteiger partial charge < -0.3 is 5.11 Å². The lowest BCUT2D eigenvalue weighted by atomic mass is 9.99. The van der Waals surface area contributed by atoms with Crippen molar-refractivity contribution in [1.29, 1.82) is 0 Å². The second-order valence-corrected chi connectivity index (χ2v) is 2.92. The van der Waals surface area contributed by atoms with Crippen molar-refractivity contribution in [2.45, 2.75) is 13.3 Å². The van der Waals surface area contributed by atoms with E-state index in [0.29, 0.717) is 5.75 Å². The molecule has 0 aliphatic heterocycles. The Labute approximate surface area is 79.0 Å². The maximum atomic E-state index is 9.27. The van der Waals surface area contributed by atoms with Crippen LogP contribution in [-0.4, -0.2) is 5.11 Å². The molecule has 0 atom stereocenters. The smallest absolute Gasteiger partial charge is 0.115 e. The summed E-state index contributed by atoms with van der Waals surface area (Å²) in [6, 6.07) is 5.31. The van der Waals surface area contributed by atoms with Crippen LogP contribution in [0.2, 0.25) is 0 Å². The van der Waals surface area contributed by atoms with Crippen LogP contribution in [-0.2, 0) is 6.42 Å². The molecule has 0 radical (unpaired) electrons. The van der Waals surface area contributed by atoms with E-state index in [9.17, 15) is 5.11 Å². The lowest BCUT2D eigenvalue weighted by Gasteiger charge is -2.07. The predicted octanol–water partition coefficient (Wildman–Crippen LogP) is 3.15. The van der Waals surface area contributed by atoms with Crippen LogP contribution >= 0.6 is 0 Å². The van der Waals surface area contributed by atoms with Crippen LogP contribution in [0.3, 0.4) is 0 Å². The minimum absolute atomic E-state index is 0.303. The van der Waals surface area contributed by atoms with Crippen LogP contribution in [0.1, 0.15) is 18.1 Å². The Morgan fingerprint density at radius 3 is 2.77 bits per heavy atom. The number of aromatic hydroxyl groups is 1. The Morgan fingerprint density at radius 2 is 2.23 bits per heavy atom. The third-order valence-corrected chi connectivity index (χ3v) is 2.06. The molecular weight excluding hydrogens is 160 g/mol. The van der Waals surface area contributed by atoms with Gasteiger partial charge in [0.25, 0.3) is 0 Å². The first kappa shape index (κ1) is 9.59. The summed E-state index contributed by atoms with van der Waals surface area (Å²) in [5.41, 5.74) is 3.07. The van der Waals surface area contributed by atoms with Crippen molar-refractivity contribution in [1.82, 2.24) is 0 Å². The summed E-state index contributed by atoms with van der Waals surface area (Å²) >= 11 is 0. The molecule has 1 nitrogen and oxygen atoms in total. The minimum atomic E-state index is 0.303. The van der Waals surface area contributed by atoms with Crippen molar-refractivity contribution < 1.29 is 5.11 Å². The van der Waals surface area contributed by atoms with Gasteiger partial charge in [-0.2, -0.15) is 0 Å². The molecule has 0 spiro atoms. The van der Waals surface area contributed by atoms with E-state index >= 15 is 0 Å². The zero-order chi connectivity index (χ0) is 9.84. The predicted molar refractivity (Wildman–Crippen MR) is 56.7 cm³/mol. The number of hydrogen-bond donors (Lipinski definition) is 1. The molecule has 0 aromatic heterocycles. The summed E-state index contributed by atoms with van der Waals surface area (Å²) in [5, 5.41) is 9.27. The summed E-state index contributed by atoms with van der Waals surface area (Å²) in [5.74, 6) is 0.303. The van der Waals surface area contributed by atoms with Crippen molar-refractivity contribution in [3.05, 3.63) is 48.6 Å². The summed E-state index contributed by atoms with van der Waals surface area (Å²) in [6.07, 6.45) is 2.61. The van der Waals surface area contributed by atoms with E-state index in [1.54, 1.807) is 18.2 Å². The molecule has 0 aliphatic rings. The van der Waals surface area contributed by atoms with Gasteiger partial charge in [-0.05, 0) is 35.3 Å². The van der Waals surface area contributed by atoms with Gasteiger partial charge in [-0.1, -0.05) is 32.2 Å². The van der Waals surface area contributed by atoms with E-state index in [0.717, 1.165) is 23.1 Å². The Bertz CT molecular complexity index is 337. The molecule has 13 heavy (non-hydrogen) atoms. The molecule has 0 unspecified atom stereocenters. The normalized spacial score (nSPS) is 9.62. The van der Waals surface area contributed by atoms with E-state index in [2.05, 4.69) is 20.1 Å². The van der Waals surface area contributed by atoms with Gasteiger partial charge in [-0.3, -0.25) is 0 Å². The number of phenolic OH excluding ortho intramolecular Hbond substituents is 1. The first-order chi connectivity index (χ1) is 6.19. The van der Waals surface area contributed by atoms with Crippen molar-refractivity contribution >= 4 is 5.57 Å². The van der Waals surface area contributed by atoms with Gasteiger partial charge in [-0.25, -0.2) is 0 Å². The number of aryl methyl sites for hydroxylation is 1. The van der Waals surface area contributed by atoms with E-state index in [4.69, 9.17) is 0 Å². The molecule has 0 saturated carbocycles. The molecule has 1 aromatic carbocycles. The largest absolute Gasteiger partial charge is 0.508 e. The fourth-order valence-electron chi connectivity index (χ4n) is 1.30. The molecule has 1 heteroatoms. The van der Waals surface area contributed by atoms with Crippen molar-refractivity contribution in [3.63, 3.8) is 0 Å². The number of rotatable bonds is 3. The molecule has 0 heterocycles. The molecular formula is C12H14O. The summed E-state index contributed by atoms with van der Waals surface area (Å²) in [6.45, 7) is 9.61. The van der Waals surface area contributed by atoms with Crippen molar-refractivity contribution in [3.8, 4) is 5.75 Å². The van der Waals surface area contributed by atoms with Crippen LogP contribution in [0, 0.1) is 0 Å². The molecule has 0 fully saturated rings. The van der Waals surface area contributed by atoms with E-state index in [1.165, 1.54) is 0 Å². The lowest BCUT2D eigenvalue weighted by Crippen LogP contribution is -1.89. The van der Waals surface area contributed by atoms with Gasteiger partial charge >= 0.3 is 0 Å². The van der Waals surface area contributed by atoms with Gasteiger partial charge in [0.2, 0.25) is 0 Å². The average molecular weight is 174 g/mol. The fourth-order valence-corrected chi connectivity index (χ4v) is 1.30. The van der Waals surface area contributed by atoms with Crippen molar-refractivity contribution in [2.75, 3.05) is 0 Å². The van der Waals surface area contributed by atoms with Gasteiger partial charge in [-0.15, -0.1) is 0 Å². The van der Waals surface area contributed by atoms with Crippen LogP contribution < -0.4 is 0 Å². The summed E-state index contributed by atoms with van der Waals surface area (Å²) in [7, 11) is 0. The highest BCUT2D eigenvalue weighted by Gasteiger charge is 2.02. The highest BCUT2D eigenvalue weighted by atomic mass is 16.3. The van der Waals surface area contributed by atoms with Crippen molar-refractivity contribution in [2.24, 2.45) is 0 Å². The summed E-state index contributed by atoms with van der Waals surface area (Å²) < 4.78 is 0. The average Bonchev–Trinajstić information content (AvgIpc) is 2.16. The third-order valence-electron chi connectivity index (χ3n) is 2.06. The number of phenols is 1. The number of allylic oxidation sites excluding steroid dienone is 2. The fraction of sp³-hybridized carbons (Fsp3) is 0.167. The molecule has 0 saturated heterocycles. The van der Waals surface area contributed by atoms with Gasteiger partial charge in [0.05, 0.1) is 0 Å².